The predicted octanol–water partition coefficient (Wildman–Crippen LogP) is 4.23. The Labute approximate surface area is 97.9 Å². The summed E-state index contributed by atoms with van der Waals surface area (Å²) in [5.74, 6) is 0.611. The molecule has 0 spiro atoms. The summed E-state index contributed by atoms with van der Waals surface area (Å²) < 4.78 is 0. The maximum Gasteiger partial charge on any atom is 0.0695 e. The summed E-state index contributed by atoms with van der Waals surface area (Å²) in [4.78, 5) is 4.64. The molecule has 0 N–H and O–H groups in total. The Morgan fingerprint density at radius 2 is 2.25 bits per heavy atom. The molecule has 1 aliphatic heterocycles. The zero-order chi connectivity index (χ0) is 11.7. The van der Waals surface area contributed by atoms with Crippen molar-refractivity contribution in [3.05, 3.63) is 34.9 Å². The Morgan fingerprint density at radius 1 is 1.50 bits per heavy atom. The molecule has 1 heterocycles. The summed E-state index contributed by atoms with van der Waals surface area (Å²) in [6.07, 6.45) is 6.34. The van der Waals surface area contributed by atoms with Gasteiger partial charge in [-0.1, -0.05) is 25.6 Å². The highest BCUT2D eigenvalue weighted by Gasteiger charge is 2.18. The molecule has 0 bridgehead atoms. The largest absolute Gasteiger partial charge is 0.260 e. The van der Waals surface area contributed by atoms with Crippen LogP contribution in [0.15, 0.2) is 17.6 Å². The topological polar surface area (TPSA) is 12.4 Å². The van der Waals surface area contributed by atoms with E-state index in [0.717, 1.165) is 6.42 Å². The molecule has 16 heavy (non-hydrogen) atoms. The van der Waals surface area contributed by atoms with Crippen molar-refractivity contribution in [1.82, 2.24) is 0 Å². The van der Waals surface area contributed by atoms with Gasteiger partial charge >= 0.3 is 0 Å². The second kappa shape index (κ2) is 4.25. The van der Waals surface area contributed by atoms with E-state index < -0.39 is 0 Å². The summed E-state index contributed by atoms with van der Waals surface area (Å²) in [5.41, 5.74) is 6.44. The van der Waals surface area contributed by atoms with Crippen molar-refractivity contribution in [2.75, 3.05) is 0 Å². The molecular weight excluding hydrogens is 194 g/mol. The second-order valence-electron chi connectivity index (χ2n) is 4.59. The fourth-order valence-electron chi connectivity index (χ4n) is 2.37. The van der Waals surface area contributed by atoms with Crippen molar-refractivity contribution in [3.63, 3.8) is 0 Å². The molecule has 0 amide bonds. The normalized spacial score (nSPS) is 18.3. The third-order valence-corrected chi connectivity index (χ3v) is 3.55. The van der Waals surface area contributed by atoms with Gasteiger partial charge in [0.15, 0.2) is 0 Å². The molecule has 1 aromatic rings. The highest BCUT2D eigenvalue weighted by molar-refractivity contribution is 5.76. The lowest BCUT2D eigenvalue weighted by Crippen LogP contribution is -2.11. The number of aliphatic imine (C=N–C) groups is 1. The van der Waals surface area contributed by atoms with Crippen molar-refractivity contribution in [1.29, 1.82) is 0 Å². The standard InChI is InChI=1S/C15H19N/c1-5-12-8-14-10(3)7-13(6-2)11(4)15(14)16-9-12/h6-7,9,12H,2,5,8H2,1,3-4H3. The van der Waals surface area contributed by atoms with E-state index in [-0.39, 0.29) is 0 Å². The molecule has 84 valence electrons. The molecule has 0 aliphatic carbocycles. The summed E-state index contributed by atoms with van der Waals surface area (Å²) in [6, 6.07) is 2.23. The van der Waals surface area contributed by atoms with E-state index in [0.29, 0.717) is 5.92 Å². The number of aryl methyl sites for hydroxylation is 1. The van der Waals surface area contributed by atoms with Gasteiger partial charge in [0.1, 0.15) is 0 Å². The molecule has 1 heteroatoms. The van der Waals surface area contributed by atoms with Crippen molar-refractivity contribution in [2.24, 2.45) is 10.9 Å². The lowest BCUT2D eigenvalue weighted by Gasteiger charge is -2.22. The molecule has 1 nitrogen and oxygen atoms in total. The molecule has 1 aromatic carbocycles. The van der Waals surface area contributed by atoms with Crippen molar-refractivity contribution in [3.8, 4) is 0 Å². The van der Waals surface area contributed by atoms with Crippen LogP contribution in [-0.4, -0.2) is 6.21 Å². The van der Waals surface area contributed by atoms with E-state index in [2.05, 4.69) is 44.6 Å². The first kappa shape index (κ1) is 11.1. The molecule has 0 saturated carbocycles. The minimum absolute atomic E-state index is 0.611. The van der Waals surface area contributed by atoms with E-state index in [1.54, 1.807) is 0 Å². The number of hydrogen-bond acceptors (Lipinski definition) is 1. The van der Waals surface area contributed by atoms with Gasteiger partial charge in [0.2, 0.25) is 0 Å². The fraction of sp³-hybridized carbons (Fsp3) is 0.400. The van der Waals surface area contributed by atoms with Gasteiger partial charge in [-0.15, -0.1) is 0 Å². The summed E-state index contributed by atoms with van der Waals surface area (Å²) in [6.45, 7) is 10.4. The van der Waals surface area contributed by atoms with Crippen LogP contribution in [0.25, 0.3) is 6.08 Å². The van der Waals surface area contributed by atoms with Crippen LogP contribution < -0.4 is 0 Å². The fourth-order valence-corrected chi connectivity index (χ4v) is 2.37. The van der Waals surface area contributed by atoms with Gasteiger partial charge in [0.25, 0.3) is 0 Å². The smallest absolute Gasteiger partial charge is 0.0695 e. The molecule has 2 rings (SSSR count). The number of fused-ring (bicyclic) bond motifs is 1. The number of rotatable bonds is 2. The van der Waals surface area contributed by atoms with Gasteiger partial charge in [-0.05, 0) is 54.9 Å². The lowest BCUT2D eigenvalue weighted by molar-refractivity contribution is 0.664. The van der Waals surface area contributed by atoms with Crippen LogP contribution in [0.1, 0.15) is 35.6 Å². The quantitative estimate of drug-likeness (QED) is 0.697. The molecule has 0 radical (unpaired) electrons. The molecule has 0 aromatic heterocycles. The third-order valence-electron chi connectivity index (χ3n) is 3.55. The third kappa shape index (κ3) is 1.71. The highest BCUT2D eigenvalue weighted by Crippen LogP contribution is 2.35. The van der Waals surface area contributed by atoms with Crippen LogP contribution in [0.5, 0.6) is 0 Å². The Morgan fingerprint density at radius 3 is 2.88 bits per heavy atom. The van der Waals surface area contributed by atoms with E-state index >= 15 is 0 Å². The first-order chi connectivity index (χ1) is 7.67. The summed E-state index contributed by atoms with van der Waals surface area (Å²) in [5, 5.41) is 0. The molecule has 0 saturated heterocycles. The van der Waals surface area contributed by atoms with E-state index in [1.165, 1.54) is 34.4 Å². The lowest BCUT2D eigenvalue weighted by atomic mass is 9.88. The molecular formula is C15H19N. The van der Waals surface area contributed by atoms with Gasteiger partial charge in [-0.2, -0.15) is 0 Å². The molecule has 0 fully saturated rings. The van der Waals surface area contributed by atoms with Gasteiger partial charge < -0.3 is 0 Å². The minimum atomic E-state index is 0.611. The average molecular weight is 213 g/mol. The van der Waals surface area contributed by atoms with E-state index in [1.807, 2.05) is 6.08 Å². The van der Waals surface area contributed by atoms with Crippen molar-refractivity contribution in [2.45, 2.75) is 33.6 Å². The predicted molar refractivity (Wildman–Crippen MR) is 71.6 cm³/mol. The van der Waals surface area contributed by atoms with Crippen LogP contribution >= 0.6 is 0 Å². The van der Waals surface area contributed by atoms with E-state index in [9.17, 15) is 0 Å². The number of benzene rings is 1. The first-order valence-corrected chi connectivity index (χ1v) is 5.97. The van der Waals surface area contributed by atoms with Crippen LogP contribution in [0.3, 0.4) is 0 Å². The Balaban J connectivity index is 2.58. The van der Waals surface area contributed by atoms with E-state index in [4.69, 9.17) is 0 Å². The van der Waals surface area contributed by atoms with Crippen molar-refractivity contribution >= 4 is 18.0 Å². The average Bonchev–Trinajstić information content (AvgIpc) is 2.33. The van der Waals surface area contributed by atoms with Crippen LogP contribution in [0.2, 0.25) is 0 Å². The van der Waals surface area contributed by atoms with Gasteiger partial charge in [0.05, 0.1) is 5.69 Å². The summed E-state index contributed by atoms with van der Waals surface area (Å²) >= 11 is 0. The maximum atomic E-state index is 4.64. The minimum Gasteiger partial charge on any atom is -0.260 e. The number of nitrogens with zero attached hydrogens (tertiary/aromatic N) is 1. The van der Waals surface area contributed by atoms with Crippen LogP contribution in [0.4, 0.5) is 5.69 Å². The summed E-state index contributed by atoms with van der Waals surface area (Å²) in [7, 11) is 0. The number of hydrogen-bond donors (Lipinski definition) is 0. The SMILES string of the molecule is C=Cc1cc(C)c2c(c1C)N=CC(CC)C2. The van der Waals surface area contributed by atoms with Gasteiger partial charge in [-0.3, -0.25) is 4.99 Å². The van der Waals surface area contributed by atoms with Crippen LogP contribution in [-0.2, 0) is 6.42 Å². The Kier molecular flexibility index (Phi) is 2.95. The van der Waals surface area contributed by atoms with Gasteiger partial charge in [0, 0.05) is 6.21 Å². The molecule has 1 atom stereocenters. The van der Waals surface area contributed by atoms with Crippen LogP contribution in [0, 0.1) is 19.8 Å². The molecule has 1 unspecified atom stereocenters. The Hall–Kier alpha value is -1.37. The second-order valence-corrected chi connectivity index (χ2v) is 4.59. The maximum absolute atomic E-state index is 4.64. The zero-order valence-corrected chi connectivity index (χ0v) is 10.4. The van der Waals surface area contributed by atoms with Gasteiger partial charge in [-0.25, -0.2) is 0 Å². The van der Waals surface area contributed by atoms with Crippen molar-refractivity contribution < 1.29 is 0 Å². The monoisotopic (exact) mass is 213 g/mol. The highest BCUT2D eigenvalue weighted by atomic mass is 14.7. The first-order valence-electron chi connectivity index (χ1n) is 5.97. The zero-order valence-electron chi connectivity index (χ0n) is 10.4. The molecule has 1 aliphatic rings. The Bertz CT molecular complexity index is 455.